The molecule has 3 nitrogen and oxygen atoms in total. The van der Waals surface area contributed by atoms with Crippen molar-refractivity contribution in [1.29, 1.82) is 0 Å². The van der Waals surface area contributed by atoms with Gasteiger partial charge in [-0.15, -0.1) is 11.6 Å². The Bertz CT molecular complexity index is 266. The molecule has 0 saturated carbocycles. The molecule has 1 aromatic carbocycles. The Morgan fingerprint density at radius 3 is 2.53 bits per heavy atom. The largest absolute Gasteiger partial charge is 0.395 e. The second-order valence-corrected chi connectivity index (χ2v) is 3.83. The van der Waals surface area contributed by atoms with E-state index in [1.165, 1.54) is 0 Å². The number of rotatable bonds is 6. The fraction of sp³-hybridized carbons (Fsp3) is 0.455. The van der Waals surface area contributed by atoms with Gasteiger partial charge in [-0.05, 0) is 5.56 Å². The molecule has 0 aliphatic heterocycles. The summed E-state index contributed by atoms with van der Waals surface area (Å²) in [5, 5.41) is 17.4. The van der Waals surface area contributed by atoms with E-state index in [-0.39, 0.29) is 13.2 Å². The van der Waals surface area contributed by atoms with Gasteiger partial charge in [0, 0.05) is 0 Å². The van der Waals surface area contributed by atoms with E-state index in [0.717, 1.165) is 5.56 Å². The van der Waals surface area contributed by atoms with Crippen LogP contribution < -0.4 is 0 Å². The van der Waals surface area contributed by atoms with Crippen LogP contribution in [-0.2, 0) is 11.3 Å². The Morgan fingerprint density at radius 2 is 1.93 bits per heavy atom. The highest BCUT2D eigenvalue weighted by Gasteiger charge is 2.15. The molecule has 0 aromatic heterocycles. The van der Waals surface area contributed by atoms with Crippen LogP contribution in [-0.4, -0.2) is 34.9 Å². The summed E-state index contributed by atoms with van der Waals surface area (Å²) in [6.45, 7) is 0.313. The van der Waals surface area contributed by atoms with Gasteiger partial charge >= 0.3 is 0 Å². The van der Waals surface area contributed by atoms with Crippen LogP contribution in [0.15, 0.2) is 30.3 Å². The van der Waals surface area contributed by atoms with Gasteiger partial charge in [0.15, 0.2) is 0 Å². The fourth-order valence-corrected chi connectivity index (χ4v) is 1.17. The molecule has 0 aliphatic rings. The summed E-state index contributed by atoms with van der Waals surface area (Å²) in [6, 6.07) is 9.66. The molecular weight excluding hydrogens is 216 g/mol. The number of ether oxygens (including phenoxy) is 1. The average Bonchev–Trinajstić information content (AvgIpc) is 2.29. The van der Waals surface area contributed by atoms with E-state index in [1.807, 2.05) is 30.3 Å². The van der Waals surface area contributed by atoms with Gasteiger partial charge in [-0.3, -0.25) is 0 Å². The van der Waals surface area contributed by atoms with Crippen molar-refractivity contribution in [3.05, 3.63) is 35.9 Å². The molecule has 0 spiro atoms. The summed E-state index contributed by atoms with van der Waals surface area (Å²) >= 11 is 5.62. The van der Waals surface area contributed by atoms with Crippen molar-refractivity contribution in [2.45, 2.75) is 18.1 Å². The predicted molar refractivity (Wildman–Crippen MR) is 58.8 cm³/mol. The number of halogens is 1. The lowest BCUT2D eigenvalue weighted by atomic mass is 10.2. The Balaban J connectivity index is 2.22. The molecule has 2 N–H and O–H groups in total. The van der Waals surface area contributed by atoms with Crippen molar-refractivity contribution >= 4 is 11.6 Å². The van der Waals surface area contributed by atoms with Crippen LogP contribution in [0.5, 0.6) is 0 Å². The Morgan fingerprint density at radius 1 is 1.27 bits per heavy atom. The molecule has 1 rings (SSSR count). The molecule has 2 atom stereocenters. The molecule has 84 valence electrons. The topological polar surface area (TPSA) is 49.7 Å². The molecule has 0 bridgehead atoms. The van der Waals surface area contributed by atoms with Gasteiger partial charge in [-0.2, -0.15) is 0 Å². The van der Waals surface area contributed by atoms with Crippen LogP contribution in [0, 0.1) is 0 Å². The van der Waals surface area contributed by atoms with E-state index < -0.39 is 11.5 Å². The molecule has 4 heteroatoms. The van der Waals surface area contributed by atoms with E-state index in [4.69, 9.17) is 21.4 Å². The summed E-state index contributed by atoms with van der Waals surface area (Å²) < 4.78 is 5.26. The van der Waals surface area contributed by atoms with Gasteiger partial charge in [0.05, 0.1) is 31.3 Å². The maximum atomic E-state index is 9.38. The molecule has 0 unspecified atom stereocenters. The lowest BCUT2D eigenvalue weighted by Crippen LogP contribution is -2.29. The first-order valence-electron chi connectivity index (χ1n) is 4.78. The van der Waals surface area contributed by atoms with Gasteiger partial charge in [0.2, 0.25) is 0 Å². The van der Waals surface area contributed by atoms with Crippen LogP contribution in [0.2, 0.25) is 0 Å². The maximum absolute atomic E-state index is 9.38. The fourth-order valence-electron chi connectivity index (χ4n) is 1.10. The van der Waals surface area contributed by atoms with Gasteiger partial charge in [0.25, 0.3) is 0 Å². The third-order valence-corrected chi connectivity index (χ3v) is 2.42. The highest BCUT2D eigenvalue weighted by atomic mass is 35.5. The van der Waals surface area contributed by atoms with Crippen molar-refractivity contribution in [1.82, 2.24) is 0 Å². The van der Waals surface area contributed by atoms with Crippen LogP contribution in [0.1, 0.15) is 5.56 Å². The number of alkyl halides is 1. The first kappa shape index (κ1) is 12.5. The summed E-state index contributed by atoms with van der Waals surface area (Å²) in [6.07, 6.45) is -0.833. The second-order valence-electron chi connectivity index (χ2n) is 3.27. The molecule has 0 aliphatic carbocycles. The number of aliphatic hydroxyl groups excluding tert-OH is 2. The lowest BCUT2D eigenvalue weighted by molar-refractivity contribution is 0.0192. The second kappa shape index (κ2) is 6.80. The Hall–Kier alpha value is -0.610. The van der Waals surface area contributed by atoms with Crippen LogP contribution in [0.4, 0.5) is 0 Å². The molecule has 0 fully saturated rings. The highest BCUT2D eigenvalue weighted by molar-refractivity contribution is 6.21. The van der Waals surface area contributed by atoms with Crippen LogP contribution in [0.3, 0.4) is 0 Å². The first-order chi connectivity index (χ1) is 7.24. The van der Waals surface area contributed by atoms with Crippen molar-refractivity contribution in [2.24, 2.45) is 0 Å². The molecule has 1 aromatic rings. The van der Waals surface area contributed by atoms with E-state index in [9.17, 15) is 5.11 Å². The first-order valence-corrected chi connectivity index (χ1v) is 5.22. The van der Waals surface area contributed by atoms with Crippen molar-refractivity contribution in [3.8, 4) is 0 Å². The van der Waals surface area contributed by atoms with Crippen LogP contribution in [0.25, 0.3) is 0 Å². The third-order valence-electron chi connectivity index (χ3n) is 1.99. The maximum Gasteiger partial charge on any atom is 0.0959 e. The van der Waals surface area contributed by atoms with Crippen molar-refractivity contribution in [3.63, 3.8) is 0 Å². The molecule has 0 radical (unpaired) electrons. The third kappa shape index (κ3) is 4.62. The number of aliphatic hydroxyl groups is 2. The van der Waals surface area contributed by atoms with E-state index in [1.54, 1.807) is 0 Å². The van der Waals surface area contributed by atoms with Gasteiger partial charge in [0.1, 0.15) is 0 Å². The summed E-state index contributed by atoms with van der Waals surface area (Å²) in [7, 11) is 0. The van der Waals surface area contributed by atoms with E-state index in [0.29, 0.717) is 6.61 Å². The summed E-state index contributed by atoms with van der Waals surface area (Å²) in [5.74, 6) is 0. The highest BCUT2D eigenvalue weighted by Crippen LogP contribution is 2.05. The quantitative estimate of drug-likeness (QED) is 0.722. The lowest BCUT2D eigenvalue weighted by Gasteiger charge is -2.14. The molecular formula is C11H15ClO3. The van der Waals surface area contributed by atoms with E-state index >= 15 is 0 Å². The van der Waals surface area contributed by atoms with Crippen molar-refractivity contribution in [2.75, 3.05) is 13.2 Å². The molecule has 0 amide bonds. The van der Waals surface area contributed by atoms with Crippen molar-refractivity contribution < 1.29 is 14.9 Å². The SMILES string of the molecule is OC[C@H](Cl)[C@@H](O)COCc1ccccc1. The summed E-state index contributed by atoms with van der Waals surface area (Å²) in [5.41, 5.74) is 1.04. The van der Waals surface area contributed by atoms with Gasteiger partial charge < -0.3 is 14.9 Å². The predicted octanol–water partition coefficient (Wildman–Crippen LogP) is 1.16. The molecule has 0 heterocycles. The molecule has 15 heavy (non-hydrogen) atoms. The summed E-state index contributed by atoms with van der Waals surface area (Å²) in [4.78, 5) is 0. The zero-order valence-electron chi connectivity index (χ0n) is 8.34. The van der Waals surface area contributed by atoms with E-state index in [2.05, 4.69) is 0 Å². The zero-order chi connectivity index (χ0) is 11.1. The minimum absolute atomic E-state index is 0.129. The minimum atomic E-state index is -0.833. The number of hydrogen-bond donors (Lipinski definition) is 2. The molecule has 0 saturated heterocycles. The standard InChI is InChI=1S/C11H15ClO3/c12-10(6-13)11(14)8-15-7-9-4-2-1-3-5-9/h1-5,10-11,13-14H,6-8H2/t10-,11-/m0/s1. The van der Waals surface area contributed by atoms with Gasteiger partial charge in [-0.1, -0.05) is 30.3 Å². The normalized spacial score (nSPS) is 14.9. The number of hydrogen-bond acceptors (Lipinski definition) is 3. The van der Waals surface area contributed by atoms with Crippen LogP contribution >= 0.6 is 11.6 Å². The smallest absolute Gasteiger partial charge is 0.0959 e. The Kier molecular flexibility index (Phi) is 5.65. The minimum Gasteiger partial charge on any atom is -0.395 e. The average molecular weight is 231 g/mol. The van der Waals surface area contributed by atoms with Gasteiger partial charge in [-0.25, -0.2) is 0 Å². The Labute approximate surface area is 94.3 Å². The monoisotopic (exact) mass is 230 g/mol. The number of benzene rings is 1. The zero-order valence-corrected chi connectivity index (χ0v) is 9.10.